The highest BCUT2D eigenvalue weighted by molar-refractivity contribution is 5.99. The average Bonchev–Trinajstić information content (AvgIpc) is 3.37. The van der Waals surface area contributed by atoms with Crippen LogP contribution in [0.1, 0.15) is 88.5 Å². The Labute approximate surface area is 420 Å². The zero-order valence-corrected chi connectivity index (χ0v) is 41.4. The molecular formula is C59H72N10O2. The minimum absolute atomic E-state index is 0. The predicted octanol–water partition coefficient (Wildman–Crippen LogP) is 11.7. The molecule has 7 heterocycles. The molecule has 12 heteroatoms. The lowest BCUT2D eigenvalue weighted by molar-refractivity contribution is -0.118. The molecule has 0 spiro atoms. The van der Waals surface area contributed by atoms with Gasteiger partial charge in [0.25, 0.3) is 0 Å². The molecule has 2 aliphatic heterocycles. The summed E-state index contributed by atoms with van der Waals surface area (Å²) >= 11 is 0. The molecule has 0 unspecified atom stereocenters. The number of fused-ring (bicyclic) bond motifs is 3. The molecule has 0 atom stereocenters. The summed E-state index contributed by atoms with van der Waals surface area (Å²) in [4.78, 5) is 50.5. The van der Waals surface area contributed by atoms with Gasteiger partial charge in [0.05, 0.1) is 5.69 Å². The molecule has 2 saturated heterocycles. The Balaban J connectivity index is 0.000000167. The van der Waals surface area contributed by atoms with Crippen LogP contribution in [0.4, 0.5) is 23.3 Å². The number of pyridine rings is 5. The number of piperidine rings is 2. The van der Waals surface area contributed by atoms with E-state index in [0.29, 0.717) is 31.0 Å². The van der Waals surface area contributed by atoms with Gasteiger partial charge in [-0.05, 0) is 110 Å². The van der Waals surface area contributed by atoms with Crippen LogP contribution in [0.2, 0.25) is 0 Å². The number of Topliss-reactive ketones (excluding diaryl/α,β-unsaturated/α-hetero) is 1. The smallest absolute Gasteiger partial charge is 0.222 e. The topological polar surface area (TPSA) is 169 Å². The molecule has 2 aliphatic rings. The third-order valence-corrected chi connectivity index (χ3v) is 13.0. The number of aromatic nitrogens is 5. The minimum atomic E-state index is -0.103. The maximum atomic E-state index is 12.8. The minimum Gasteiger partial charge on any atom is -0.383 e. The SMILES string of the molecule is C.CC(=O)Nc1nccc2ccccc12.Cc1ccc(CCC(=O)Cc2nccc3ccccc23)c(N2CCC(C)CC2)n1.Cc1ccc(CN)c(N2CCC(C)CC2)n1.Nc1nccc2ccccc12. The summed E-state index contributed by atoms with van der Waals surface area (Å²) < 4.78 is 0. The largest absolute Gasteiger partial charge is 0.383 e. The number of carbonyl (C=O) groups is 2. The fourth-order valence-corrected chi connectivity index (χ4v) is 8.89. The molecule has 3 aromatic carbocycles. The molecule has 12 nitrogen and oxygen atoms in total. The molecule has 1 amide bonds. The summed E-state index contributed by atoms with van der Waals surface area (Å²) in [5.41, 5.74) is 16.8. The molecule has 0 radical (unpaired) electrons. The zero-order chi connectivity index (χ0) is 49.4. The van der Waals surface area contributed by atoms with Gasteiger partial charge >= 0.3 is 0 Å². The molecular weight excluding hydrogens is 881 g/mol. The summed E-state index contributed by atoms with van der Waals surface area (Å²) in [7, 11) is 0. The summed E-state index contributed by atoms with van der Waals surface area (Å²) in [6.45, 7) is 15.1. The highest BCUT2D eigenvalue weighted by Gasteiger charge is 2.21. The van der Waals surface area contributed by atoms with Crippen LogP contribution >= 0.6 is 0 Å². The van der Waals surface area contributed by atoms with Gasteiger partial charge in [0, 0.05) is 104 Å². The summed E-state index contributed by atoms with van der Waals surface area (Å²) in [5, 5.41) is 9.10. The van der Waals surface area contributed by atoms with Crippen LogP contribution in [0.25, 0.3) is 32.3 Å². The zero-order valence-electron chi connectivity index (χ0n) is 41.4. The Morgan fingerprint density at radius 1 is 0.606 bits per heavy atom. The lowest BCUT2D eigenvalue weighted by Crippen LogP contribution is -2.34. The molecule has 8 aromatic rings. The van der Waals surface area contributed by atoms with Crippen LogP contribution in [-0.2, 0) is 29.0 Å². The second-order valence-corrected chi connectivity index (χ2v) is 18.6. The van der Waals surface area contributed by atoms with Crippen LogP contribution in [0, 0.1) is 25.7 Å². The molecule has 2 fully saturated rings. The number of anilines is 4. The number of carbonyl (C=O) groups excluding carboxylic acids is 2. The van der Waals surface area contributed by atoms with Crippen molar-refractivity contribution in [2.75, 3.05) is 47.0 Å². The van der Waals surface area contributed by atoms with Crippen molar-refractivity contribution >= 4 is 67.3 Å². The van der Waals surface area contributed by atoms with Gasteiger partial charge in [-0.3, -0.25) is 14.6 Å². The van der Waals surface area contributed by atoms with Crippen LogP contribution in [0.3, 0.4) is 0 Å². The van der Waals surface area contributed by atoms with E-state index in [1.807, 2.05) is 105 Å². The van der Waals surface area contributed by atoms with E-state index < -0.39 is 0 Å². The van der Waals surface area contributed by atoms with Gasteiger partial charge in [0.2, 0.25) is 5.91 Å². The van der Waals surface area contributed by atoms with Crippen molar-refractivity contribution < 1.29 is 9.59 Å². The van der Waals surface area contributed by atoms with Crippen LogP contribution in [-0.4, -0.2) is 62.8 Å². The third-order valence-electron chi connectivity index (χ3n) is 13.0. The lowest BCUT2D eigenvalue weighted by Gasteiger charge is -2.32. The second-order valence-electron chi connectivity index (χ2n) is 18.6. The fraction of sp³-hybridized carbons (Fsp3) is 0.339. The quantitative estimate of drug-likeness (QED) is 0.126. The summed E-state index contributed by atoms with van der Waals surface area (Å²) in [5.74, 6) is 5.17. The molecule has 5 aromatic heterocycles. The Hall–Kier alpha value is -7.31. The van der Waals surface area contributed by atoms with E-state index in [-0.39, 0.29) is 19.1 Å². The lowest BCUT2D eigenvalue weighted by atomic mass is 9.98. The van der Waals surface area contributed by atoms with Crippen LogP contribution < -0.4 is 26.6 Å². The van der Waals surface area contributed by atoms with Gasteiger partial charge in [0.15, 0.2) is 0 Å². The number of rotatable bonds is 9. The van der Waals surface area contributed by atoms with E-state index in [0.717, 1.165) is 105 Å². The second kappa shape index (κ2) is 26.1. The fourth-order valence-electron chi connectivity index (χ4n) is 8.89. The molecule has 71 heavy (non-hydrogen) atoms. The van der Waals surface area contributed by atoms with Crippen molar-refractivity contribution in [2.45, 2.75) is 93.5 Å². The Morgan fingerprint density at radius 2 is 1.07 bits per heavy atom. The van der Waals surface area contributed by atoms with Gasteiger partial charge in [-0.1, -0.05) is 106 Å². The van der Waals surface area contributed by atoms with Gasteiger partial charge in [0.1, 0.15) is 29.1 Å². The highest BCUT2D eigenvalue weighted by atomic mass is 16.1. The van der Waals surface area contributed by atoms with E-state index in [4.69, 9.17) is 16.5 Å². The van der Waals surface area contributed by atoms with Crippen molar-refractivity contribution in [1.29, 1.82) is 0 Å². The number of nitrogens with two attached hydrogens (primary N) is 2. The van der Waals surface area contributed by atoms with E-state index in [1.165, 1.54) is 43.7 Å². The molecule has 0 saturated carbocycles. The van der Waals surface area contributed by atoms with Gasteiger partial charge < -0.3 is 26.6 Å². The summed E-state index contributed by atoms with van der Waals surface area (Å²) in [6.07, 6.45) is 11.8. The number of benzene rings is 3. The molecule has 370 valence electrons. The number of nitrogen functional groups attached to an aromatic ring is 1. The van der Waals surface area contributed by atoms with Crippen molar-refractivity contribution in [2.24, 2.45) is 17.6 Å². The maximum absolute atomic E-state index is 12.8. The van der Waals surface area contributed by atoms with E-state index in [2.05, 4.69) is 73.2 Å². The Bertz CT molecular complexity index is 2980. The first-order valence-corrected chi connectivity index (χ1v) is 24.6. The van der Waals surface area contributed by atoms with E-state index in [1.54, 1.807) is 18.6 Å². The predicted molar refractivity (Wildman–Crippen MR) is 295 cm³/mol. The average molecular weight is 953 g/mol. The van der Waals surface area contributed by atoms with Gasteiger partial charge in [-0.25, -0.2) is 19.9 Å². The van der Waals surface area contributed by atoms with Crippen molar-refractivity contribution in [3.63, 3.8) is 0 Å². The molecule has 0 bridgehead atoms. The molecule has 0 aliphatic carbocycles. The number of hydrogen-bond donors (Lipinski definition) is 3. The first-order valence-electron chi connectivity index (χ1n) is 24.6. The molecule has 5 N–H and O–H groups in total. The van der Waals surface area contributed by atoms with Crippen molar-refractivity contribution in [1.82, 2.24) is 24.9 Å². The highest BCUT2D eigenvalue weighted by Crippen LogP contribution is 2.28. The van der Waals surface area contributed by atoms with Crippen molar-refractivity contribution in [3.05, 3.63) is 162 Å². The maximum Gasteiger partial charge on any atom is 0.222 e. The number of nitrogens with one attached hydrogen (secondary N) is 1. The number of hydrogen-bond acceptors (Lipinski definition) is 11. The summed E-state index contributed by atoms with van der Waals surface area (Å²) in [6, 6.07) is 38.1. The third kappa shape index (κ3) is 14.9. The Morgan fingerprint density at radius 3 is 1.62 bits per heavy atom. The Kier molecular flexibility index (Phi) is 19.5. The van der Waals surface area contributed by atoms with E-state index in [9.17, 15) is 9.59 Å². The van der Waals surface area contributed by atoms with E-state index >= 15 is 0 Å². The first-order chi connectivity index (χ1) is 33.9. The van der Waals surface area contributed by atoms with Crippen LogP contribution in [0.5, 0.6) is 0 Å². The number of ketones is 1. The number of nitrogens with zero attached hydrogens (tertiary/aromatic N) is 7. The first kappa shape index (κ1) is 53.0. The normalized spacial score (nSPS) is 13.7. The van der Waals surface area contributed by atoms with Gasteiger partial charge in [-0.15, -0.1) is 0 Å². The van der Waals surface area contributed by atoms with Gasteiger partial charge in [-0.2, -0.15) is 0 Å². The van der Waals surface area contributed by atoms with Crippen LogP contribution in [0.15, 0.2) is 134 Å². The number of aryl methyl sites for hydroxylation is 3. The molecule has 10 rings (SSSR count). The van der Waals surface area contributed by atoms with Crippen molar-refractivity contribution in [3.8, 4) is 0 Å². The standard InChI is InChI=1S/C25H29N3O.C13H21N3.C11H10N2O.C9H8N2.CH4/c1-18-12-15-28(16-13-18)25-21(8-7-19(2)27-25)9-10-22(29)17-24-23-6-4-3-5-20(23)11-14-26-24;1-10-5-7-16(8-6-10)13-12(9-14)4-3-11(2)15-13;1-8(14)13-11-10-5-3-2-4-9(10)6-7-12-11;10-9-8-4-2-1-3-7(8)5-6-11-9;/h3-8,11,14,18H,9-10,12-13,15-17H2,1-2H3;3-4,10H,5-9,14H2,1-2H3;2-7H,1H3,(H,12,13,14);1-6H,(H2,10,11);1H4. The monoisotopic (exact) mass is 953 g/mol. The number of amides is 1.